The molecule has 1 N–H and O–H groups in total. The highest BCUT2D eigenvalue weighted by atomic mass is 16.4. The molecule has 0 bridgehead atoms. The molecular formula is C11H16N4O2. The third-order valence-corrected chi connectivity index (χ3v) is 2.50. The van der Waals surface area contributed by atoms with Crippen molar-refractivity contribution in [2.24, 2.45) is 7.05 Å². The minimum atomic E-state index is -0.929. The molecule has 0 aliphatic carbocycles. The van der Waals surface area contributed by atoms with Crippen molar-refractivity contribution >= 4 is 11.8 Å². The quantitative estimate of drug-likeness (QED) is 0.839. The lowest BCUT2D eigenvalue weighted by molar-refractivity contribution is -0.135. The van der Waals surface area contributed by atoms with E-state index in [0.29, 0.717) is 17.1 Å². The summed E-state index contributed by atoms with van der Waals surface area (Å²) in [5.74, 6) is -0.371. The van der Waals surface area contributed by atoms with Crippen LogP contribution in [0.4, 0.5) is 5.82 Å². The molecule has 1 aromatic rings. The van der Waals surface area contributed by atoms with Gasteiger partial charge in [-0.2, -0.15) is 10.4 Å². The summed E-state index contributed by atoms with van der Waals surface area (Å²) in [4.78, 5) is 12.5. The first-order valence-electron chi connectivity index (χ1n) is 5.30. The zero-order valence-electron chi connectivity index (χ0n) is 10.4. The number of carboxylic acids is 1. The molecule has 1 rings (SSSR count). The Kier molecular flexibility index (Phi) is 3.73. The largest absolute Gasteiger partial charge is 0.480 e. The summed E-state index contributed by atoms with van der Waals surface area (Å²) in [6.45, 7) is 5.35. The molecule has 0 saturated heterocycles. The maximum Gasteiger partial charge on any atom is 0.323 e. The number of aryl methyl sites for hydroxylation is 2. The predicted octanol–water partition coefficient (Wildman–Crippen LogP) is 0.900. The van der Waals surface area contributed by atoms with Gasteiger partial charge < -0.3 is 10.0 Å². The minimum absolute atomic E-state index is 0.0204. The van der Waals surface area contributed by atoms with Gasteiger partial charge in [0.15, 0.2) is 0 Å². The van der Waals surface area contributed by atoms with Gasteiger partial charge in [0.25, 0.3) is 0 Å². The number of hydrogen-bond acceptors (Lipinski definition) is 4. The predicted molar refractivity (Wildman–Crippen MR) is 62.8 cm³/mol. The van der Waals surface area contributed by atoms with E-state index in [1.807, 2.05) is 13.8 Å². The number of carboxylic acid groups (broad SMARTS) is 1. The average Bonchev–Trinajstić information content (AvgIpc) is 2.48. The topological polar surface area (TPSA) is 82.2 Å². The second-order valence-corrected chi connectivity index (χ2v) is 4.13. The highest BCUT2D eigenvalue weighted by Gasteiger charge is 2.23. The van der Waals surface area contributed by atoms with Crippen molar-refractivity contribution in [1.29, 1.82) is 5.26 Å². The maximum absolute atomic E-state index is 10.9. The molecule has 0 spiro atoms. The van der Waals surface area contributed by atoms with Crippen LogP contribution >= 0.6 is 0 Å². The van der Waals surface area contributed by atoms with Gasteiger partial charge in [-0.3, -0.25) is 9.48 Å². The van der Waals surface area contributed by atoms with Crippen LogP contribution < -0.4 is 4.90 Å². The Morgan fingerprint density at radius 2 is 2.24 bits per heavy atom. The number of hydrogen-bond donors (Lipinski definition) is 1. The summed E-state index contributed by atoms with van der Waals surface area (Å²) in [6, 6.07) is 2.05. The second-order valence-electron chi connectivity index (χ2n) is 4.13. The van der Waals surface area contributed by atoms with Gasteiger partial charge in [-0.05, 0) is 20.8 Å². The number of anilines is 1. The average molecular weight is 236 g/mol. The van der Waals surface area contributed by atoms with Crippen molar-refractivity contribution in [3.05, 3.63) is 11.3 Å². The number of nitrogens with zero attached hydrogens (tertiary/aromatic N) is 4. The number of aliphatic carboxylic acids is 1. The maximum atomic E-state index is 10.9. The number of aromatic nitrogens is 2. The molecule has 17 heavy (non-hydrogen) atoms. The monoisotopic (exact) mass is 236 g/mol. The van der Waals surface area contributed by atoms with E-state index in [1.165, 1.54) is 0 Å². The van der Waals surface area contributed by atoms with Gasteiger partial charge in [0.05, 0.1) is 5.69 Å². The molecule has 0 radical (unpaired) electrons. The van der Waals surface area contributed by atoms with Crippen LogP contribution in [0.25, 0.3) is 0 Å². The molecule has 0 saturated carbocycles. The van der Waals surface area contributed by atoms with E-state index in [1.54, 1.807) is 23.6 Å². The second kappa shape index (κ2) is 4.87. The van der Waals surface area contributed by atoms with Gasteiger partial charge in [-0.15, -0.1) is 0 Å². The number of carbonyl (C=O) groups is 1. The van der Waals surface area contributed by atoms with Gasteiger partial charge in [0.2, 0.25) is 0 Å². The smallest absolute Gasteiger partial charge is 0.323 e. The summed E-state index contributed by atoms with van der Waals surface area (Å²) in [6.07, 6.45) is 0. The number of nitriles is 1. The zero-order valence-corrected chi connectivity index (χ0v) is 10.4. The lowest BCUT2D eigenvalue weighted by atomic mass is 10.2. The minimum Gasteiger partial charge on any atom is -0.480 e. The molecule has 0 fully saturated rings. The van der Waals surface area contributed by atoms with Gasteiger partial charge in [0, 0.05) is 13.1 Å². The summed E-state index contributed by atoms with van der Waals surface area (Å²) in [5.41, 5.74) is 1.04. The van der Waals surface area contributed by atoms with E-state index in [4.69, 9.17) is 10.4 Å². The van der Waals surface area contributed by atoms with E-state index in [2.05, 4.69) is 11.2 Å². The van der Waals surface area contributed by atoms with Crippen LogP contribution in [-0.2, 0) is 11.8 Å². The van der Waals surface area contributed by atoms with Gasteiger partial charge in [-0.1, -0.05) is 0 Å². The molecular weight excluding hydrogens is 220 g/mol. The molecule has 0 aliphatic rings. The number of rotatable bonds is 4. The molecule has 1 aromatic heterocycles. The van der Waals surface area contributed by atoms with Crippen LogP contribution in [0.2, 0.25) is 0 Å². The summed E-state index contributed by atoms with van der Waals surface area (Å²) in [5, 5.41) is 22.2. The van der Waals surface area contributed by atoms with Crippen LogP contribution in [0.5, 0.6) is 0 Å². The Morgan fingerprint density at radius 1 is 1.65 bits per heavy atom. The molecule has 0 aliphatic heterocycles. The van der Waals surface area contributed by atoms with Crippen LogP contribution in [-0.4, -0.2) is 33.4 Å². The summed E-state index contributed by atoms with van der Waals surface area (Å²) >= 11 is 0. The molecule has 0 amide bonds. The standard InChI is InChI=1S/C11H16N4O2/c1-7(2)15(6-10(16)17)11-9(5-12)8(3)13-14(11)4/h7H,6H2,1-4H3,(H,16,17). The van der Waals surface area contributed by atoms with Crippen molar-refractivity contribution < 1.29 is 9.90 Å². The SMILES string of the molecule is Cc1nn(C)c(N(CC(=O)O)C(C)C)c1C#N. The Labute approximate surface area is 100 Å². The fraction of sp³-hybridized carbons (Fsp3) is 0.545. The fourth-order valence-electron chi connectivity index (χ4n) is 1.75. The Hall–Kier alpha value is -2.03. The summed E-state index contributed by atoms with van der Waals surface area (Å²) < 4.78 is 1.55. The van der Waals surface area contributed by atoms with Crippen molar-refractivity contribution in [2.75, 3.05) is 11.4 Å². The van der Waals surface area contributed by atoms with E-state index in [9.17, 15) is 4.79 Å². The van der Waals surface area contributed by atoms with E-state index >= 15 is 0 Å². The highest BCUT2D eigenvalue weighted by Crippen LogP contribution is 2.23. The van der Waals surface area contributed by atoms with Gasteiger partial charge >= 0.3 is 5.97 Å². The van der Waals surface area contributed by atoms with Crippen LogP contribution in [0.15, 0.2) is 0 Å². The molecule has 6 nitrogen and oxygen atoms in total. The molecule has 6 heteroatoms. The molecule has 0 atom stereocenters. The lowest BCUT2D eigenvalue weighted by Gasteiger charge is -2.27. The third kappa shape index (κ3) is 2.56. The Bertz CT molecular complexity index is 471. The first-order valence-corrected chi connectivity index (χ1v) is 5.30. The first kappa shape index (κ1) is 13.0. The van der Waals surface area contributed by atoms with Crippen LogP contribution in [0.3, 0.4) is 0 Å². The van der Waals surface area contributed by atoms with Crippen molar-refractivity contribution in [1.82, 2.24) is 9.78 Å². The molecule has 92 valence electrons. The Balaban J connectivity index is 3.28. The van der Waals surface area contributed by atoms with Crippen LogP contribution in [0.1, 0.15) is 25.1 Å². The Morgan fingerprint density at radius 3 is 2.65 bits per heavy atom. The third-order valence-electron chi connectivity index (χ3n) is 2.50. The van der Waals surface area contributed by atoms with E-state index in [-0.39, 0.29) is 12.6 Å². The first-order chi connectivity index (χ1) is 7.88. The summed E-state index contributed by atoms with van der Waals surface area (Å²) in [7, 11) is 1.71. The fourth-order valence-corrected chi connectivity index (χ4v) is 1.75. The van der Waals surface area contributed by atoms with E-state index in [0.717, 1.165) is 0 Å². The van der Waals surface area contributed by atoms with Crippen molar-refractivity contribution in [2.45, 2.75) is 26.8 Å². The zero-order chi connectivity index (χ0) is 13.2. The van der Waals surface area contributed by atoms with Gasteiger partial charge in [-0.25, -0.2) is 0 Å². The van der Waals surface area contributed by atoms with Crippen LogP contribution in [0, 0.1) is 18.3 Å². The van der Waals surface area contributed by atoms with Crippen molar-refractivity contribution in [3.8, 4) is 6.07 Å². The molecule has 0 aromatic carbocycles. The lowest BCUT2D eigenvalue weighted by Crippen LogP contribution is -2.37. The normalized spacial score (nSPS) is 10.4. The van der Waals surface area contributed by atoms with E-state index < -0.39 is 5.97 Å². The van der Waals surface area contributed by atoms with Gasteiger partial charge in [0.1, 0.15) is 24.0 Å². The van der Waals surface area contributed by atoms with Crippen molar-refractivity contribution in [3.63, 3.8) is 0 Å². The molecule has 1 heterocycles. The molecule has 0 unspecified atom stereocenters. The highest BCUT2D eigenvalue weighted by molar-refractivity contribution is 5.74.